The Morgan fingerprint density at radius 3 is 2.92 bits per heavy atom. The molecule has 2 N–H and O–H groups in total. The maximum atomic E-state index is 6.00. The van der Waals surface area contributed by atoms with Gasteiger partial charge in [0.15, 0.2) is 11.8 Å². The van der Waals surface area contributed by atoms with E-state index in [1.165, 1.54) is 11.2 Å². The van der Waals surface area contributed by atoms with E-state index >= 15 is 0 Å². The molecule has 25 heavy (non-hydrogen) atoms. The molecule has 3 rings (SSSR count). The molecule has 0 saturated carbocycles. The van der Waals surface area contributed by atoms with Gasteiger partial charge in [-0.3, -0.25) is 10.1 Å². The predicted molar refractivity (Wildman–Crippen MR) is 103 cm³/mol. The number of benzene rings is 1. The normalized spacial score (nSPS) is 11.6. The largest absolute Gasteiger partial charge is 0.352 e. The minimum absolute atomic E-state index is 0.671. The maximum Gasteiger partial charge on any atom is 0.193 e. The van der Waals surface area contributed by atoms with Crippen LogP contribution in [-0.2, 0) is 13.1 Å². The van der Waals surface area contributed by atoms with E-state index < -0.39 is 0 Å². The van der Waals surface area contributed by atoms with Crippen molar-refractivity contribution in [2.45, 2.75) is 13.1 Å². The fourth-order valence-corrected chi connectivity index (χ4v) is 3.63. The quantitative estimate of drug-likeness (QED) is 0.530. The lowest BCUT2D eigenvalue weighted by atomic mass is 10.1. The second-order valence-corrected chi connectivity index (χ2v) is 7.30. The number of hydrogen-bond donors (Lipinski definition) is 2. The van der Waals surface area contributed by atoms with E-state index in [0.717, 1.165) is 33.8 Å². The van der Waals surface area contributed by atoms with Gasteiger partial charge in [-0.2, -0.15) is 5.10 Å². The number of nitrogens with zero attached hydrogens (tertiary/aromatic N) is 4. The van der Waals surface area contributed by atoms with Gasteiger partial charge in [-0.05, 0) is 23.8 Å². The topological polar surface area (TPSA) is 69.2 Å². The first-order chi connectivity index (χ1) is 12.2. The van der Waals surface area contributed by atoms with Gasteiger partial charge >= 0.3 is 0 Å². The second kappa shape index (κ2) is 8.13. The van der Waals surface area contributed by atoms with Crippen molar-refractivity contribution in [1.29, 1.82) is 0 Å². The Kier molecular flexibility index (Phi) is 5.67. The van der Waals surface area contributed by atoms with Crippen LogP contribution in [0.2, 0.25) is 4.34 Å². The molecular formula is C17H19ClN6S. The number of H-pyrrole nitrogens is 1. The van der Waals surface area contributed by atoms with Gasteiger partial charge < -0.3 is 10.2 Å². The van der Waals surface area contributed by atoms with E-state index in [2.05, 4.69) is 42.5 Å². The Labute approximate surface area is 155 Å². The number of aromatic amines is 1. The second-order valence-electron chi connectivity index (χ2n) is 5.50. The molecule has 130 valence electrons. The minimum Gasteiger partial charge on any atom is -0.352 e. The van der Waals surface area contributed by atoms with Crippen LogP contribution < -0.4 is 5.32 Å². The van der Waals surface area contributed by atoms with Crippen molar-refractivity contribution in [1.82, 2.24) is 25.4 Å². The lowest BCUT2D eigenvalue weighted by Gasteiger charge is -2.21. The van der Waals surface area contributed by atoms with Crippen LogP contribution in [0.5, 0.6) is 0 Å². The summed E-state index contributed by atoms with van der Waals surface area (Å²) in [6, 6.07) is 12.1. The molecule has 0 bridgehead atoms. The molecule has 0 atom stereocenters. The Balaban J connectivity index is 1.62. The van der Waals surface area contributed by atoms with Gasteiger partial charge in [0.1, 0.15) is 6.33 Å². The van der Waals surface area contributed by atoms with Crippen LogP contribution in [0.15, 0.2) is 47.7 Å². The van der Waals surface area contributed by atoms with Crippen molar-refractivity contribution in [2.75, 3.05) is 14.1 Å². The number of halogens is 1. The molecule has 8 heteroatoms. The summed E-state index contributed by atoms with van der Waals surface area (Å²) in [5, 5.41) is 10.2. The van der Waals surface area contributed by atoms with E-state index in [9.17, 15) is 0 Å². The van der Waals surface area contributed by atoms with Crippen LogP contribution in [0.4, 0.5) is 0 Å². The highest BCUT2D eigenvalue weighted by Crippen LogP contribution is 2.22. The van der Waals surface area contributed by atoms with Crippen LogP contribution >= 0.6 is 22.9 Å². The van der Waals surface area contributed by atoms with E-state index in [1.54, 1.807) is 18.4 Å². The van der Waals surface area contributed by atoms with E-state index in [4.69, 9.17) is 11.6 Å². The number of guanidine groups is 1. The summed E-state index contributed by atoms with van der Waals surface area (Å²) in [4.78, 5) is 11.8. The highest BCUT2D eigenvalue weighted by molar-refractivity contribution is 7.16. The lowest BCUT2D eigenvalue weighted by molar-refractivity contribution is 0.481. The van der Waals surface area contributed by atoms with Crippen LogP contribution in [-0.4, -0.2) is 40.1 Å². The highest BCUT2D eigenvalue weighted by Gasteiger charge is 2.09. The molecular weight excluding hydrogens is 356 g/mol. The molecule has 2 aromatic heterocycles. The monoisotopic (exact) mass is 374 g/mol. The summed E-state index contributed by atoms with van der Waals surface area (Å²) < 4.78 is 0.801. The van der Waals surface area contributed by atoms with Crippen molar-refractivity contribution in [3.8, 4) is 11.4 Å². The number of aliphatic imine (C=N–C) groups is 1. The average molecular weight is 375 g/mol. The fourth-order valence-electron chi connectivity index (χ4n) is 2.48. The SMILES string of the molecule is CN=C(NCc1cccc(-c2ncn[nH]2)c1)N(C)Cc1ccc(Cl)s1. The summed E-state index contributed by atoms with van der Waals surface area (Å²) in [5.74, 6) is 1.59. The molecule has 0 unspecified atom stereocenters. The Hall–Kier alpha value is -2.38. The zero-order chi connectivity index (χ0) is 17.6. The lowest BCUT2D eigenvalue weighted by Crippen LogP contribution is -2.37. The summed E-state index contributed by atoms with van der Waals surface area (Å²) in [6.07, 6.45) is 1.51. The maximum absolute atomic E-state index is 6.00. The van der Waals surface area contributed by atoms with Gasteiger partial charge in [-0.1, -0.05) is 29.8 Å². The summed E-state index contributed by atoms with van der Waals surface area (Å²) in [7, 11) is 3.79. The molecule has 0 aliphatic rings. The summed E-state index contributed by atoms with van der Waals surface area (Å²) in [5.41, 5.74) is 2.15. The molecule has 6 nitrogen and oxygen atoms in total. The van der Waals surface area contributed by atoms with E-state index in [0.29, 0.717) is 6.54 Å². The van der Waals surface area contributed by atoms with Gasteiger partial charge in [-0.25, -0.2) is 4.98 Å². The average Bonchev–Trinajstić information content (AvgIpc) is 3.28. The molecule has 0 spiro atoms. The molecule has 0 radical (unpaired) electrons. The van der Waals surface area contributed by atoms with Gasteiger partial charge in [0.25, 0.3) is 0 Å². The number of thiophene rings is 1. The standard InChI is InChI=1S/C17H19ClN6S/c1-19-17(24(2)10-14-6-7-15(18)25-14)20-9-12-4-3-5-13(8-12)16-21-11-22-23-16/h3-8,11H,9-10H2,1-2H3,(H,19,20)(H,21,22,23). The van der Waals surface area contributed by atoms with Crippen LogP contribution in [0.1, 0.15) is 10.4 Å². The Morgan fingerprint density at radius 1 is 1.36 bits per heavy atom. The number of hydrogen-bond acceptors (Lipinski definition) is 4. The third kappa shape index (κ3) is 4.58. The number of nitrogens with one attached hydrogen (secondary N) is 2. The van der Waals surface area contributed by atoms with Gasteiger partial charge in [-0.15, -0.1) is 11.3 Å². The Morgan fingerprint density at radius 2 is 2.24 bits per heavy atom. The van der Waals surface area contributed by atoms with Crippen molar-refractivity contribution in [3.63, 3.8) is 0 Å². The third-order valence-corrected chi connectivity index (χ3v) is 4.88. The van der Waals surface area contributed by atoms with E-state index in [-0.39, 0.29) is 0 Å². The summed E-state index contributed by atoms with van der Waals surface area (Å²) in [6.45, 7) is 1.43. The molecule has 0 fully saturated rings. The zero-order valence-electron chi connectivity index (χ0n) is 14.0. The number of aromatic nitrogens is 3. The van der Waals surface area contributed by atoms with Gasteiger partial charge in [0.05, 0.1) is 10.9 Å². The minimum atomic E-state index is 0.671. The highest BCUT2D eigenvalue weighted by atomic mass is 35.5. The number of rotatable bonds is 5. The Bertz CT molecular complexity index is 842. The van der Waals surface area contributed by atoms with Crippen molar-refractivity contribution in [3.05, 3.63) is 57.5 Å². The van der Waals surface area contributed by atoms with Crippen LogP contribution in [0.25, 0.3) is 11.4 Å². The fraction of sp³-hybridized carbons (Fsp3) is 0.235. The first kappa shape index (κ1) is 17.4. The third-order valence-electron chi connectivity index (χ3n) is 3.66. The first-order valence-corrected chi connectivity index (χ1v) is 8.96. The van der Waals surface area contributed by atoms with Crippen molar-refractivity contribution < 1.29 is 0 Å². The molecule has 0 aliphatic carbocycles. The van der Waals surface area contributed by atoms with Crippen molar-refractivity contribution in [2.24, 2.45) is 4.99 Å². The molecule has 2 heterocycles. The van der Waals surface area contributed by atoms with Crippen LogP contribution in [0, 0.1) is 0 Å². The smallest absolute Gasteiger partial charge is 0.193 e. The van der Waals surface area contributed by atoms with Crippen LogP contribution in [0.3, 0.4) is 0 Å². The molecule has 1 aromatic carbocycles. The molecule has 0 aliphatic heterocycles. The molecule has 3 aromatic rings. The zero-order valence-corrected chi connectivity index (χ0v) is 15.6. The molecule has 0 amide bonds. The van der Waals surface area contributed by atoms with E-state index in [1.807, 2.05) is 31.3 Å². The predicted octanol–water partition coefficient (Wildman–Crippen LogP) is 3.39. The first-order valence-electron chi connectivity index (χ1n) is 7.76. The molecule has 0 saturated heterocycles. The summed E-state index contributed by atoms with van der Waals surface area (Å²) >= 11 is 7.58. The van der Waals surface area contributed by atoms with Gasteiger partial charge in [0.2, 0.25) is 0 Å². The van der Waals surface area contributed by atoms with Crippen molar-refractivity contribution >= 4 is 28.9 Å². The van der Waals surface area contributed by atoms with Gasteiger partial charge in [0, 0.05) is 31.1 Å².